The van der Waals surface area contributed by atoms with Crippen LogP contribution in [-0.4, -0.2) is 33.4 Å². The minimum atomic E-state index is -0.906. The van der Waals surface area contributed by atoms with Crippen LogP contribution < -0.4 is 0 Å². The van der Waals surface area contributed by atoms with Crippen LogP contribution in [0.2, 0.25) is 0 Å². The number of nitrogens with zero attached hydrogens (tertiary/aromatic N) is 2. The van der Waals surface area contributed by atoms with E-state index in [0.29, 0.717) is 6.54 Å². The van der Waals surface area contributed by atoms with Gasteiger partial charge >= 0.3 is 5.97 Å². The highest BCUT2D eigenvalue weighted by Gasteiger charge is 2.34. The summed E-state index contributed by atoms with van der Waals surface area (Å²) in [5.74, 6) is -1.59. The Bertz CT molecular complexity index is 405. The molecule has 1 aromatic rings. The number of carbonyl (C=O) groups excluding carboxylic acids is 1. The van der Waals surface area contributed by atoms with Crippen LogP contribution in [0.5, 0.6) is 0 Å². The van der Waals surface area contributed by atoms with Gasteiger partial charge in [-0.25, -0.2) is 0 Å². The topological polar surface area (TPSA) is 70.5 Å². The molecule has 1 amide bonds. The van der Waals surface area contributed by atoms with Gasteiger partial charge in [-0.2, -0.15) is 0 Å². The molecule has 16 heavy (non-hydrogen) atoms. The number of aliphatic carboxylic acids is 1. The van der Waals surface area contributed by atoms with E-state index in [1.54, 1.807) is 17.2 Å². The molecule has 0 bridgehead atoms. The van der Waals surface area contributed by atoms with Gasteiger partial charge in [-0.05, 0) is 12.1 Å². The number of amides is 1. The normalized spacial score (nSPS) is 20.1. The third kappa shape index (κ3) is 2.18. The van der Waals surface area contributed by atoms with E-state index in [0.717, 1.165) is 5.69 Å². The van der Waals surface area contributed by atoms with Crippen molar-refractivity contribution in [1.82, 2.24) is 9.88 Å². The molecule has 1 aromatic heterocycles. The van der Waals surface area contributed by atoms with Gasteiger partial charge in [0.1, 0.15) is 0 Å². The van der Waals surface area contributed by atoms with Gasteiger partial charge in [-0.15, -0.1) is 0 Å². The fraction of sp³-hybridized carbons (Fsp3) is 0.364. The second kappa shape index (κ2) is 4.30. The summed E-state index contributed by atoms with van der Waals surface area (Å²) in [6.07, 6.45) is 1.76. The maximum Gasteiger partial charge on any atom is 0.308 e. The number of pyridine rings is 1. The minimum absolute atomic E-state index is 0.0994. The summed E-state index contributed by atoms with van der Waals surface area (Å²) < 4.78 is 0. The molecular weight excluding hydrogens is 208 g/mol. The van der Waals surface area contributed by atoms with Crippen molar-refractivity contribution in [3.05, 3.63) is 30.1 Å². The minimum Gasteiger partial charge on any atom is -0.481 e. The Morgan fingerprint density at radius 3 is 2.94 bits per heavy atom. The second-order valence-electron chi connectivity index (χ2n) is 3.83. The molecule has 5 heteroatoms. The SMILES string of the molecule is O=C(O)[C@H]1CC(=O)N(Cc2ccccn2)C1. The van der Waals surface area contributed by atoms with Crippen LogP contribution in [-0.2, 0) is 16.1 Å². The first-order chi connectivity index (χ1) is 7.66. The number of rotatable bonds is 3. The molecule has 2 rings (SSSR count). The second-order valence-corrected chi connectivity index (χ2v) is 3.83. The number of carbonyl (C=O) groups is 2. The highest BCUT2D eigenvalue weighted by Crippen LogP contribution is 2.19. The van der Waals surface area contributed by atoms with Crippen LogP contribution in [0.25, 0.3) is 0 Å². The lowest BCUT2D eigenvalue weighted by Crippen LogP contribution is -2.26. The molecule has 1 atom stereocenters. The Balaban J connectivity index is 2.02. The summed E-state index contributed by atoms with van der Waals surface area (Å²) in [7, 11) is 0. The Hall–Kier alpha value is -1.91. The Kier molecular flexibility index (Phi) is 2.85. The summed E-state index contributed by atoms with van der Waals surface area (Å²) in [5, 5.41) is 8.82. The molecule has 0 aromatic carbocycles. The number of hydrogen-bond acceptors (Lipinski definition) is 3. The van der Waals surface area contributed by atoms with Gasteiger partial charge in [0.2, 0.25) is 5.91 Å². The zero-order chi connectivity index (χ0) is 11.5. The zero-order valence-corrected chi connectivity index (χ0v) is 8.67. The van der Waals surface area contributed by atoms with E-state index in [1.807, 2.05) is 12.1 Å². The maximum atomic E-state index is 11.5. The van der Waals surface area contributed by atoms with Gasteiger partial charge in [0.25, 0.3) is 0 Å². The van der Waals surface area contributed by atoms with Crippen molar-refractivity contribution in [3.63, 3.8) is 0 Å². The first-order valence-electron chi connectivity index (χ1n) is 5.07. The molecule has 1 N–H and O–H groups in total. The van der Waals surface area contributed by atoms with E-state index in [4.69, 9.17) is 5.11 Å². The first-order valence-corrected chi connectivity index (χ1v) is 5.07. The van der Waals surface area contributed by atoms with Crippen molar-refractivity contribution in [2.75, 3.05) is 6.54 Å². The van der Waals surface area contributed by atoms with Gasteiger partial charge in [-0.1, -0.05) is 6.07 Å². The summed E-state index contributed by atoms with van der Waals surface area (Å²) in [4.78, 5) is 27.9. The maximum absolute atomic E-state index is 11.5. The molecule has 1 aliphatic rings. The third-order valence-electron chi connectivity index (χ3n) is 2.64. The number of carboxylic acid groups (broad SMARTS) is 1. The molecular formula is C11H12N2O3. The predicted molar refractivity (Wildman–Crippen MR) is 55.4 cm³/mol. The fourth-order valence-electron chi connectivity index (χ4n) is 1.78. The van der Waals surface area contributed by atoms with Crippen molar-refractivity contribution in [2.45, 2.75) is 13.0 Å². The Morgan fingerprint density at radius 2 is 2.38 bits per heavy atom. The van der Waals surface area contributed by atoms with E-state index in [1.165, 1.54) is 0 Å². The Morgan fingerprint density at radius 1 is 1.56 bits per heavy atom. The largest absolute Gasteiger partial charge is 0.481 e. The van der Waals surface area contributed by atoms with E-state index < -0.39 is 11.9 Å². The van der Waals surface area contributed by atoms with Crippen molar-refractivity contribution < 1.29 is 14.7 Å². The molecule has 1 fully saturated rings. The van der Waals surface area contributed by atoms with Crippen LogP contribution in [0.3, 0.4) is 0 Å². The van der Waals surface area contributed by atoms with E-state index in [9.17, 15) is 9.59 Å². The van der Waals surface area contributed by atoms with Crippen molar-refractivity contribution in [2.24, 2.45) is 5.92 Å². The lowest BCUT2D eigenvalue weighted by molar-refractivity contribution is -0.141. The van der Waals surface area contributed by atoms with Crippen LogP contribution in [0, 0.1) is 5.92 Å². The van der Waals surface area contributed by atoms with Gasteiger partial charge in [0.05, 0.1) is 18.2 Å². The molecule has 1 saturated heterocycles. The molecule has 0 unspecified atom stereocenters. The highest BCUT2D eigenvalue weighted by molar-refractivity contribution is 5.85. The van der Waals surface area contributed by atoms with Crippen molar-refractivity contribution >= 4 is 11.9 Å². The lowest BCUT2D eigenvalue weighted by atomic mass is 10.1. The molecule has 0 spiro atoms. The highest BCUT2D eigenvalue weighted by atomic mass is 16.4. The van der Waals surface area contributed by atoms with E-state index >= 15 is 0 Å². The molecule has 0 saturated carbocycles. The average Bonchev–Trinajstić information content (AvgIpc) is 2.62. The summed E-state index contributed by atoms with van der Waals surface area (Å²) >= 11 is 0. The van der Waals surface area contributed by atoms with Gasteiger partial charge < -0.3 is 10.0 Å². The summed E-state index contributed by atoms with van der Waals surface area (Å²) in [6.45, 7) is 0.675. The number of likely N-dealkylation sites (tertiary alicyclic amines) is 1. The van der Waals surface area contributed by atoms with Crippen molar-refractivity contribution in [3.8, 4) is 0 Å². The van der Waals surface area contributed by atoms with Gasteiger partial charge in [-0.3, -0.25) is 14.6 Å². The molecule has 5 nitrogen and oxygen atoms in total. The predicted octanol–water partition coefficient (Wildman–Crippen LogP) is 0.515. The third-order valence-corrected chi connectivity index (χ3v) is 2.64. The zero-order valence-electron chi connectivity index (χ0n) is 8.67. The van der Waals surface area contributed by atoms with Crippen LogP contribution >= 0.6 is 0 Å². The molecule has 0 radical (unpaired) electrons. The summed E-state index contributed by atoms with van der Waals surface area (Å²) in [6, 6.07) is 5.47. The van der Waals surface area contributed by atoms with Gasteiger partial charge in [0.15, 0.2) is 0 Å². The number of carboxylic acids is 1. The number of hydrogen-bond donors (Lipinski definition) is 1. The quantitative estimate of drug-likeness (QED) is 0.805. The average molecular weight is 220 g/mol. The van der Waals surface area contributed by atoms with Crippen molar-refractivity contribution in [1.29, 1.82) is 0 Å². The first kappa shape index (κ1) is 10.6. The van der Waals surface area contributed by atoms with Crippen LogP contribution in [0.1, 0.15) is 12.1 Å². The fourth-order valence-corrected chi connectivity index (χ4v) is 1.78. The molecule has 1 aliphatic heterocycles. The number of aromatic nitrogens is 1. The smallest absolute Gasteiger partial charge is 0.308 e. The Labute approximate surface area is 92.7 Å². The monoisotopic (exact) mass is 220 g/mol. The standard InChI is InChI=1S/C11H12N2O3/c14-10-5-8(11(15)16)6-13(10)7-9-3-1-2-4-12-9/h1-4,8H,5-7H2,(H,15,16)/t8-/m0/s1. The van der Waals surface area contributed by atoms with Crippen LogP contribution in [0.15, 0.2) is 24.4 Å². The molecule has 84 valence electrons. The van der Waals surface area contributed by atoms with Crippen LogP contribution in [0.4, 0.5) is 0 Å². The van der Waals surface area contributed by atoms with E-state index in [2.05, 4.69) is 4.98 Å². The lowest BCUT2D eigenvalue weighted by Gasteiger charge is -2.14. The summed E-state index contributed by atoms with van der Waals surface area (Å²) in [5.41, 5.74) is 0.780. The molecule has 2 heterocycles. The van der Waals surface area contributed by atoms with E-state index in [-0.39, 0.29) is 18.9 Å². The molecule has 0 aliphatic carbocycles. The van der Waals surface area contributed by atoms with Gasteiger partial charge in [0, 0.05) is 19.2 Å².